The van der Waals surface area contributed by atoms with Gasteiger partial charge in [0.2, 0.25) is 0 Å². The van der Waals surface area contributed by atoms with Gasteiger partial charge in [0.1, 0.15) is 5.52 Å². The number of benzene rings is 8. The third kappa shape index (κ3) is 3.86. The lowest BCUT2D eigenvalue weighted by atomic mass is 10.0. The number of aromatic nitrogens is 5. The maximum absolute atomic E-state index is 5.16. The highest BCUT2D eigenvalue weighted by Crippen LogP contribution is 2.42. The zero-order chi connectivity index (χ0) is 35.8. The SMILES string of the molecule is c1ccc(-n2c3ccccc3c3cc(-c4ccc5c6ccccc6n(-c6ccc7c(c6)c6cccc8c9nc%10ccccc%10nc9n7c68)c5c4)ccc32)cc1. The summed E-state index contributed by atoms with van der Waals surface area (Å²) in [7, 11) is 0. The molecule has 13 rings (SSSR count). The molecule has 5 aromatic heterocycles. The first kappa shape index (κ1) is 29.0. The molecule has 0 aliphatic carbocycles. The fourth-order valence-electron chi connectivity index (χ4n) is 9.37. The predicted molar refractivity (Wildman–Crippen MR) is 228 cm³/mol. The van der Waals surface area contributed by atoms with Crippen molar-refractivity contribution in [1.29, 1.82) is 0 Å². The van der Waals surface area contributed by atoms with E-state index in [1.807, 2.05) is 24.3 Å². The van der Waals surface area contributed by atoms with Gasteiger partial charge in [-0.1, -0.05) is 103 Å². The molecule has 0 bridgehead atoms. The fraction of sp³-hybridized carbons (Fsp3) is 0. The summed E-state index contributed by atoms with van der Waals surface area (Å²) in [5.74, 6) is 0. The van der Waals surface area contributed by atoms with E-state index in [0.717, 1.165) is 38.8 Å². The van der Waals surface area contributed by atoms with E-state index in [1.54, 1.807) is 0 Å². The van der Waals surface area contributed by atoms with Crippen LogP contribution in [0.5, 0.6) is 0 Å². The molecule has 0 amide bonds. The molecule has 0 atom stereocenters. The minimum absolute atomic E-state index is 0.901. The number of fused-ring (bicyclic) bond motifs is 13. The van der Waals surface area contributed by atoms with Gasteiger partial charge in [-0.3, -0.25) is 4.40 Å². The summed E-state index contributed by atoms with van der Waals surface area (Å²) < 4.78 is 7.12. The summed E-state index contributed by atoms with van der Waals surface area (Å²) in [6.07, 6.45) is 0. The second-order valence-electron chi connectivity index (χ2n) is 14.6. The summed E-state index contributed by atoms with van der Waals surface area (Å²) in [4.78, 5) is 10.2. The molecule has 0 aliphatic heterocycles. The molecule has 5 heteroatoms. The Kier molecular flexibility index (Phi) is 5.57. The van der Waals surface area contributed by atoms with Crippen LogP contribution in [0.4, 0.5) is 0 Å². The first-order chi connectivity index (χ1) is 27.3. The van der Waals surface area contributed by atoms with Crippen molar-refractivity contribution in [3.63, 3.8) is 0 Å². The third-order valence-electron chi connectivity index (χ3n) is 11.7. The minimum Gasteiger partial charge on any atom is -0.309 e. The maximum atomic E-state index is 5.16. The van der Waals surface area contributed by atoms with Crippen LogP contribution >= 0.6 is 0 Å². The van der Waals surface area contributed by atoms with Crippen molar-refractivity contribution in [2.45, 2.75) is 0 Å². The monoisotopic (exact) mass is 699 g/mol. The molecule has 254 valence electrons. The van der Waals surface area contributed by atoms with Gasteiger partial charge in [-0.2, -0.15) is 0 Å². The number of nitrogens with zero attached hydrogens (tertiary/aromatic N) is 5. The van der Waals surface area contributed by atoms with Gasteiger partial charge in [-0.25, -0.2) is 9.97 Å². The van der Waals surface area contributed by atoms with Crippen LogP contribution in [0.3, 0.4) is 0 Å². The molecular weight excluding hydrogens is 671 g/mol. The largest absolute Gasteiger partial charge is 0.309 e. The van der Waals surface area contributed by atoms with Crippen molar-refractivity contribution in [3.8, 4) is 22.5 Å². The Bertz CT molecular complexity index is 3720. The Labute approximate surface area is 313 Å². The van der Waals surface area contributed by atoms with E-state index in [0.29, 0.717) is 0 Å². The lowest BCUT2D eigenvalue weighted by Crippen LogP contribution is -1.94. The molecule has 8 aromatic carbocycles. The van der Waals surface area contributed by atoms with Crippen LogP contribution in [0.25, 0.3) is 116 Å². The van der Waals surface area contributed by atoms with Crippen molar-refractivity contribution in [3.05, 3.63) is 176 Å². The van der Waals surface area contributed by atoms with E-state index in [9.17, 15) is 0 Å². The topological polar surface area (TPSA) is 40.0 Å². The Morgan fingerprint density at radius 1 is 0.327 bits per heavy atom. The van der Waals surface area contributed by atoms with Gasteiger partial charge in [-0.05, 0) is 83.9 Å². The molecule has 0 unspecified atom stereocenters. The van der Waals surface area contributed by atoms with Gasteiger partial charge < -0.3 is 9.13 Å². The van der Waals surface area contributed by atoms with Crippen molar-refractivity contribution in [2.75, 3.05) is 0 Å². The molecule has 0 fully saturated rings. The van der Waals surface area contributed by atoms with E-state index >= 15 is 0 Å². The van der Waals surface area contributed by atoms with Crippen LogP contribution in [-0.4, -0.2) is 23.5 Å². The molecule has 55 heavy (non-hydrogen) atoms. The second kappa shape index (κ2) is 10.6. The Hall–Kier alpha value is -7.50. The number of rotatable bonds is 3. The van der Waals surface area contributed by atoms with Gasteiger partial charge >= 0.3 is 0 Å². The molecule has 0 saturated heterocycles. The zero-order valence-electron chi connectivity index (χ0n) is 29.5. The van der Waals surface area contributed by atoms with Crippen molar-refractivity contribution < 1.29 is 0 Å². The Balaban J connectivity index is 1.04. The lowest BCUT2D eigenvalue weighted by Gasteiger charge is -2.11. The highest BCUT2D eigenvalue weighted by atomic mass is 15.0. The normalized spacial score (nSPS) is 12.4. The van der Waals surface area contributed by atoms with Crippen LogP contribution in [-0.2, 0) is 0 Å². The van der Waals surface area contributed by atoms with E-state index in [4.69, 9.17) is 9.97 Å². The minimum atomic E-state index is 0.901. The van der Waals surface area contributed by atoms with Crippen LogP contribution in [0.1, 0.15) is 0 Å². The van der Waals surface area contributed by atoms with E-state index in [1.165, 1.54) is 76.7 Å². The van der Waals surface area contributed by atoms with Gasteiger partial charge in [0, 0.05) is 49.1 Å². The molecule has 13 aromatic rings. The highest BCUT2D eigenvalue weighted by Gasteiger charge is 2.21. The number of hydrogen-bond acceptors (Lipinski definition) is 2. The van der Waals surface area contributed by atoms with Crippen LogP contribution in [0.2, 0.25) is 0 Å². The van der Waals surface area contributed by atoms with Crippen molar-refractivity contribution in [2.24, 2.45) is 0 Å². The smallest absolute Gasteiger partial charge is 0.165 e. The van der Waals surface area contributed by atoms with Gasteiger partial charge in [-0.15, -0.1) is 0 Å². The van der Waals surface area contributed by atoms with Gasteiger partial charge in [0.15, 0.2) is 5.65 Å². The average Bonchev–Trinajstić information content (AvgIpc) is 3.96. The van der Waals surface area contributed by atoms with Crippen LogP contribution < -0.4 is 0 Å². The van der Waals surface area contributed by atoms with Crippen molar-refractivity contribution in [1.82, 2.24) is 23.5 Å². The summed E-state index contributed by atoms with van der Waals surface area (Å²) in [6.45, 7) is 0. The molecular formula is C50H29N5. The first-order valence-corrected chi connectivity index (χ1v) is 18.8. The molecule has 5 heterocycles. The van der Waals surface area contributed by atoms with Crippen molar-refractivity contribution >= 4 is 93.0 Å². The lowest BCUT2D eigenvalue weighted by molar-refractivity contribution is 1.18. The quantitative estimate of drug-likeness (QED) is 0.184. The first-order valence-electron chi connectivity index (χ1n) is 18.8. The Morgan fingerprint density at radius 3 is 1.75 bits per heavy atom. The summed E-state index contributed by atoms with van der Waals surface area (Å²) in [6, 6.07) is 63.6. The Morgan fingerprint density at radius 2 is 0.909 bits per heavy atom. The highest BCUT2D eigenvalue weighted by molar-refractivity contribution is 6.23. The van der Waals surface area contributed by atoms with E-state index in [2.05, 4.69) is 165 Å². The molecule has 5 nitrogen and oxygen atoms in total. The maximum Gasteiger partial charge on any atom is 0.165 e. The predicted octanol–water partition coefficient (Wildman–Crippen LogP) is 12.6. The summed E-state index contributed by atoms with van der Waals surface area (Å²) in [5, 5.41) is 8.54. The number of para-hydroxylation sites is 6. The molecule has 0 saturated carbocycles. The fourth-order valence-corrected chi connectivity index (χ4v) is 9.37. The molecule has 0 aliphatic rings. The number of hydrogen-bond donors (Lipinski definition) is 0. The molecule has 0 spiro atoms. The van der Waals surface area contributed by atoms with Crippen LogP contribution in [0.15, 0.2) is 176 Å². The average molecular weight is 700 g/mol. The molecule has 0 N–H and O–H groups in total. The van der Waals surface area contributed by atoms with Gasteiger partial charge in [0.25, 0.3) is 0 Å². The zero-order valence-corrected chi connectivity index (χ0v) is 29.5. The van der Waals surface area contributed by atoms with E-state index < -0.39 is 0 Å². The third-order valence-corrected chi connectivity index (χ3v) is 11.7. The van der Waals surface area contributed by atoms with E-state index in [-0.39, 0.29) is 0 Å². The van der Waals surface area contributed by atoms with Crippen LogP contribution in [0, 0.1) is 0 Å². The summed E-state index contributed by atoms with van der Waals surface area (Å²) in [5.41, 5.74) is 15.5. The summed E-state index contributed by atoms with van der Waals surface area (Å²) >= 11 is 0. The van der Waals surface area contributed by atoms with Gasteiger partial charge in [0.05, 0.1) is 44.1 Å². The second-order valence-corrected chi connectivity index (χ2v) is 14.6. The standard InChI is InChI=1S/C50H29N5/c1-2-11-32(12-3-1)53-44-20-9-5-14-35(44)39-27-30(22-25-45(39)53)31-21-24-36-34-13-4-8-19-43(34)54(47(36)28-31)33-23-26-46-40(29-33)37-15-10-16-38-48-50(55(46)49(37)38)52-42-18-7-6-17-41(42)51-48/h1-29H. The molecule has 0 radical (unpaired) electrons.